The van der Waals surface area contributed by atoms with Gasteiger partial charge in [-0.05, 0) is 25.1 Å². The molecule has 1 aliphatic rings. The molecule has 0 aliphatic carbocycles. The Kier molecular flexibility index (Phi) is 5.21. The number of nitrogens with one attached hydrogen (secondary N) is 1. The zero-order chi connectivity index (χ0) is 17.1. The number of hydrogen-bond donors (Lipinski definition) is 1. The number of fused-ring (bicyclic) bond motifs is 1. The molecule has 1 saturated heterocycles. The summed E-state index contributed by atoms with van der Waals surface area (Å²) in [5.74, 6) is -0.156. The van der Waals surface area contributed by atoms with E-state index < -0.39 is 0 Å². The highest BCUT2D eigenvalue weighted by atomic mass is 35.5. The van der Waals surface area contributed by atoms with E-state index in [9.17, 15) is 9.90 Å². The van der Waals surface area contributed by atoms with Gasteiger partial charge >= 0.3 is 5.97 Å². The summed E-state index contributed by atoms with van der Waals surface area (Å²) in [6, 6.07) is 5.35. The predicted molar refractivity (Wildman–Crippen MR) is 90.0 cm³/mol. The molecule has 1 aromatic carbocycles. The molecule has 128 valence electrons. The number of quaternary nitrogens is 1. The van der Waals surface area contributed by atoms with E-state index in [2.05, 4.69) is 4.98 Å². The minimum absolute atomic E-state index is 0.0118. The number of carbonyl (C=O) groups is 1. The van der Waals surface area contributed by atoms with Crippen molar-refractivity contribution in [2.45, 2.75) is 26.3 Å². The van der Waals surface area contributed by atoms with Crippen molar-refractivity contribution < 1.29 is 19.5 Å². The summed E-state index contributed by atoms with van der Waals surface area (Å²) in [7, 11) is 0. The highest BCUT2D eigenvalue weighted by Gasteiger charge is 2.28. The van der Waals surface area contributed by atoms with Gasteiger partial charge in [0.05, 0.1) is 36.2 Å². The maximum Gasteiger partial charge on any atom is 0.309 e. The van der Waals surface area contributed by atoms with Gasteiger partial charge in [-0.15, -0.1) is 0 Å². The molecule has 0 spiro atoms. The normalized spacial score (nSPS) is 20.9. The Bertz CT molecular complexity index is 742. The van der Waals surface area contributed by atoms with Crippen molar-refractivity contribution in [2.24, 2.45) is 5.92 Å². The topological polar surface area (TPSA) is 66.7 Å². The van der Waals surface area contributed by atoms with Crippen LogP contribution in [-0.2, 0) is 16.1 Å². The van der Waals surface area contributed by atoms with Gasteiger partial charge in [0, 0.05) is 30.0 Å². The van der Waals surface area contributed by atoms with Gasteiger partial charge in [0.15, 0.2) is 0 Å². The SMILES string of the molecule is CCOC(=O)C1CC[NH+](Cc2cc(Cl)c3cccnc3c2[O-])CC1. The summed E-state index contributed by atoms with van der Waals surface area (Å²) in [4.78, 5) is 17.3. The third-order valence-corrected chi connectivity index (χ3v) is 4.94. The zero-order valence-electron chi connectivity index (χ0n) is 13.7. The second kappa shape index (κ2) is 7.36. The van der Waals surface area contributed by atoms with Gasteiger partial charge < -0.3 is 14.7 Å². The molecule has 0 saturated carbocycles. The van der Waals surface area contributed by atoms with Crippen molar-refractivity contribution in [3.63, 3.8) is 0 Å². The lowest BCUT2D eigenvalue weighted by Crippen LogP contribution is -3.11. The van der Waals surface area contributed by atoms with Crippen LogP contribution >= 0.6 is 11.6 Å². The number of esters is 1. The maximum atomic E-state index is 12.6. The smallest absolute Gasteiger partial charge is 0.309 e. The minimum atomic E-state index is -0.0981. The van der Waals surface area contributed by atoms with Crippen LogP contribution in [0.1, 0.15) is 25.3 Å². The molecule has 1 aliphatic heterocycles. The van der Waals surface area contributed by atoms with Gasteiger partial charge in [0.25, 0.3) is 0 Å². The summed E-state index contributed by atoms with van der Waals surface area (Å²) >= 11 is 6.30. The Balaban J connectivity index is 1.70. The van der Waals surface area contributed by atoms with E-state index >= 15 is 0 Å². The molecule has 0 amide bonds. The first kappa shape index (κ1) is 17.0. The molecule has 5 nitrogen and oxygen atoms in total. The van der Waals surface area contributed by atoms with Crippen molar-refractivity contribution >= 4 is 28.5 Å². The Morgan fingerprint density at radius 3 is 2.92 bits per heavy atom. The van der Waals surface area contributed by atoms with Gasteiger partial charge in [-0.2, -0.15) is 0 Å². The molecule has 1 fully saturated rings. The third kappa shape index (κ3) is 3.47. The summed E-state index contributed by atoms with van der Waals surface area (Å²) in [6.07, 6.45) is 3.20. The summed E-state index contributed by atoms with van der Waals surface area (Å²) in [5, 5.41) is 13.9. The number of benzene rings is 1. The van der Waals surface area contributed by atoms with Crippen molar-refractivity contribution in [3.8, 4) is 5.75 Å². The molecular weight excluding hydrogens is 328 g/mol. The van der Waals surface area contributed by atoms with Gasteiger partial charge in [0.1, 0.15) is 6.54 Å². The molecular formula is C18H21ClN2O3. The van der Waals surface area contributed by atoms with Gasteiger partial charge in [-0.3, -0.25) is 9.78 Å². The molecule has 0 atom stereocenters. The Morgan fingerprint density at radius 1 is 1.46 bits per heavy atom. The average molecular weight is 349 g/mol. The largest absolute Gasteiger partial charge is 0.871 e. The number of piperidine rings is 1. The van der Waals surface area contributed by atoms with Crippen LogP contribution in [0.25, 0.3) is 10.9 Å². The van der Waals surface area contributed by atoms with Gasteiger partial charge in [-0.25, -0.2) is 0 Å². The van der Waals surface area contributed by atoms with E-state index in [-0.39, 0.29) is 17.6 Å². The number of halogens is 1. The van der Waals surface area contributed by atoms with E-state index in [1.54, 1.807) is 18.3 Å². The van der Waals surface area contributed by atoms with E-state index in [0.717, 1.165) is 25.9 Å². The van der Waals surface area contributed by atoms with Gasteiger partial charge in [0.2, 0.25) is 0 Å². The van der Waals surface area contributed by atoms with Crippen LogP contribution in [-0.4, -0.2) is 30.6 Å². The second-order valence-electron chi connectivity index (χ2n) is 6.20. The molecule has 1 aromatic heterocycles. The highest BCUT2D eigenvalue weighted by molar-refractivity contribution is 6.35. The number of pyridine rings is 1. The number of rotatable bonds is 4. The number of hydrogen-bond acceptors (Lipinski definition) is 4. The number of aromatic nitrogens is 1. The third-order valence-electron chi connectivity index (χ3n) is 4.63. The summed E-state index contributed by atoms with van der Waals surface area (Å²) in [5.41, 5.74) is 1.12. The lowest BCUT2D eigenvalue weighted by molar-refractivity contribution is -0.919. The minimum Gasteiger partial charge on any atom is -0.871 e. The highest BCUT2D eigenvalue weighted by Crippen LogP contribution is 2.30. The molecule has 0 bridgehead atoms. The lowest BCUT2D eigenvalue weighted by atomic mass is 9.96. The van der Waals surface area contributed by atoms with E-state index in [0.29, 0.717) is 34.6 Å². The fourth-order valence-electron chi connectivity index (χ4n) is 3.33. The van der Waals surface area contributed by atoms with E-state index in [1.807, 2.05) is 13.0 Å². The van der Waals surface area contributed by atoms with Crippen LogP contribution < -0.4 is 10.0 Å². The molecule has 6 heteroatoms. The Labute approximate surface area is 146 Å². The fourth-order valence-corrected chi connectivity index (χ4v) is 3.61. The number of carbonyl (C=O) groups excluding carboxylic acids is 1. The average Bonchev–Trinajstić information content (AvgIpc) is 2.60. The molecule has 2 heterocycles. The maximum absolute atomic E-state index is 12.6. The van der Waals surface area contributed by atoms with Crippen LogP contribution in [0.2, 0.25) is 5.02 Å². The second-order valence-corrected chi connectivity index (χ2v) is 6.61. The standard InChI is InChI=1S/C18H21ClN2O3/c1-2-24-18(23)12-5-8-21(9-6-12)11-13-10-15(19)14-4-3-7-20-16(14)17(13)22/h3-4,7,10,12,22H,2,5-6,8-9,11H2,1H3. The predicted octanol–water partition coefficient (Wildman–Crippen LogP) is 1.32. The van der Waals surface area contributed by atoms with Crippen molar-refractivity contribution in [1.29, 1.82) is 0 Å². The first-order chi connectivity index (χ1) is 11.6. The van der Waals surface area contributed by atoms with Crippen molar-refractivity contribution in [3.05, 3.63) is 35.0 Å². The monoisotopic (exact) mass is 348 g/mol. The lowest BCUT2D eigenvalue weighted by Gasteiger charge is -2.29. The van der Waals surface area contributed by atoms with Crippen LogP contribution in [0, 0.1) is 5.92 Å². The van der Waals surface area contributed by atoms with Crippen LogP contribution in [0.3, 0.4) is 0 Å². The molecule has 0 unspecified atom stereocenters. The van der Waals surface area contributed by atoms with Crippen LogP contribution in [0.15, 0.2) is 24.4 Å². The number of ether oxygens (including phenoxy) is 1. The summed E-state index contributed by atoms with van der Waals surface area (Å²) in [6.45, 7) is 4.56. The molecule has 24 heavy (non-hydrogen) atoms. The molecule has 3 rings (SSSR count). The first-order valence-electron chi connectivity index (χ1n) is 8.33. The van der Waals surface area contributed by atoms with Gasteiger partial charge in [-0.1, -0.05) is 17.4 Å². The molecule has 1 N–H and O–H groups in total. The van der Waals surface area contributed by atoms with Crippen LogP contribution in [0.4, 0.5) is 0 Å². The number of nitrogens with zero attached hydrogens (tertiary/aromatic N) is 1. The molecule has 0 radical (unpaired) electrons. The van der Waals surface area contributed by atoms with E-state index in [1.165, 1.54) is 4.90 Å². The Morgan fingerprint density at radius 2 is 2.21 bits per heavy atom. The fraction of sp³-hybridized carbons (Fsp3) is 0.444. The van der Waals surface area contributed by atoms with Crippen molar-refractivity contribution in [2.75, 3.05) is 19.7 Å². The zero-order valence-corrected chi connectivity index (χ0v) is 14.4. The molecule has 2 aromatic rings. The number of likely N-dealkylation sites (tertiary alicyclic amines) is 1. The van der Waals surface area contributed by atoms with Crippen LogP contribution in [0.5, 0.6) is 5.75 Å². The summed E-state index contributed by atoms with van der Waals surface area (Å²) < 4.78 is 5.09. The van der Waals surface area contributed by atoms with E-state index in [4.69, 9.17) is 16.3 Å². The quantitative estimate of drug-likeness (QED) is 0.846. The first-order valence-corrected chi connectivity index (χ1v) is 8.71. The Hall–Kier alpha value is -1.85. The van der Waals surface area contributed by atoms with Crippen molar-refractivity contribution in [1.82, 2.24) is 4.98 Å².